The molecule has 6 nitrogen and oxygen atoms in total. The van der Waals surface area contributed by atoms with E-state index < -0.39 is 12.2 Å². The Morgan fingerprint density at radius 1 is 0.654 bits per heavy atom. The van der Waals surface area contributed by atoms with E-state index in [2.05, 4.69) is 10.6 Å². The molecule has 6 unspecified atom stereocenters. The topological polar surface area (TPSA) is 98.7 Å². The number of hydrogen-bond acceptors (Lipinski definition) is 6. The van der Waals surface area contributed by atoms with Crippen molar-refractivity contribution in [2.45, 2.75) is 75.7 Å². The van der Waals surface area contributed by atoms with Crippen LogP contribution in [-0.2, 0) is 9.59 Å². The van der Waals surface area contributed by atoms with Crippen LogP contribution in [0.3, 0.4) is 0 Å². The summed E-state index contributed by atoms with van der Waals surface area (Å²) >= 11 is 0. The van der Waals surface area contributed by atoms with Crippen LogP contribution < -0.4 is 10.6 Å². The average molecular weight is 358 g/mol. The highest BCUT2D eigenvalue weighted by atomic mass is 16.3. The molecule has 0 spiro atoms. The molecular weight excluding hydrogens is 332 g/mol. The summed E-state index contributed by atoms with van der Waals surface area (Å²) in [5.41, 5.74) is 1.28. The fourth-order valence-electron chi connectivity index (χ4n) is 5.76. The van der Waals surface area contributed by atoms with E-state index in [1.165, 1.54) is 0 Å². The number of Topliss-reactive ketones (excluding diaryl/α,β-unsaturated/α-hetero) is 2. The molecule has 4 N–H and O–H groups in total. The van der Waals surface area contributed by atoms with Crippen LogP contribution in [-0.4, -0.2) is 46.1 Å². The molecule has 140 valence electrons. The predicted octanol–water partition coefficient (Wildman–Crippen LogP) is 0.692. The Morgan fingerprint density at radius 2 is 1.04 bits per heavy atom. The van der Waals surface area contributed by atoms with Crippen LogP contribution in [0.15, 0.2) is 22.5 Å². The molecule has 0 radical (unpaired) electrons. The van der Waals surface area contributed by atoms with Gasteiger partial charge in [0.1, 0.15) is 12.2 Å². The molecule has 0 amide bonds. The van der Waals surface area contributed by atoms with Gasteiger partial charge in [0.05, 0.1) is 22.5 Å². The summed E-state index contributed by atoms with van der Waals surface area (Å²) in [5, 5.41) is 28.6. The molecule has 2 fully saturated rings. The quantitative estimate of drug-likeness (QED) is 0.509. The Hall–Kier alpha value is -1.66. The zero-order valence-electron chi connectivity index (χ0n) is 14.8. The number of aliphatic hydroxyl groups excluding tert-OH is 2. The van der Waals surface area contributed by atoms with Crippen LogP contribution in [0, 0.1) is 11.8 Å². The van der Waals surface area contributed by atoms with Gasteiger partial charge in [0.2, 0.25) is 0 Å². The molecule has 26 heavy (non-hydrogen) atoms. The first-order valence-corrected chi connectivity index (χ1v) is 10.0. The lowest BCUT2D eigenvalue weighted by molar-refractivity contribution is -0.125. The molecule has 2 saturated carbocycles. The summed E-state index contributed by atoms with van der Waals surface area (Å²) in [6.45, 7) is 0. The van der Waals surface area contributed by atoms with Crippen molar-refractivity contribution in [3.05, 3.63) is 22.5 Å². The first-order valence-electron chi connectivity index (χ1n) is 10.0. The zero-order chi connectivity index (χ0) is 18.0. The Bertz CT molecular complexity index is 678. The van der Waals surface area contributed by atoms with E-state index in [9.17, 15) is 19.8 Å². The number of ketones is 2. The number of fused-ring (bicyclic) bond motifs is 2. The molecule has 6 heteroatoms. The van der Waals surface area contributed by atoms with E-state index in [0.29, 0.717) is 11.4 Å². The van der Waals surface area contributed by atoms with E-state index in [-0.39, 0.29) is 46.6 Å². The maximum Gasteiger partial charge on any atom is 0.168 e. The van der Waals surface area contributed by atoms with Crippen LogP contribution in [0.4, 0.5) is 0 Å². The van der Waals surface area contributed by atoms with Gasteiger partial charge in [-0.1, -0.05) is 25.7 Å². The monoisotopic (exact) mass is 358 g/mol. The van der Waals surface area contributed by atoms with Gasteiger partial charge in [-0.2, -0.15) is 0 Å². The van der Waals surface area contributed by atoms with E-state index in [4.69, 9.17) is 0 Å². The van der Waals surface area contributed by atoms with Gasteiger partial charge in [-0.15, -0.1) is 0 Å². The number of carbonyl (C=O) groups excluding carboxylic acids is 2. The maximum absolute atomic E-state index is 13.1. The standard InChI is InChI=1S/C20H26N2O4/c23-17-9-5-1-3-7-11(9)21-15-13(17)19(25)16-14(20(15)26)18(24)10-6-2-4-8-12(10)22-16/h9-12,19-22,25-26H,1-8H2. The summed E-state index contributed by atoms with van der Waals surface area (Å²) in [7, 11) is 0. The first kappa shape index (κ1) is 16.5. The third kappa shape index (κ3) is 2.18. The highest BCUT2D eigenvalue weighted by Gasteiger charge is 2.51. The lowest BCUT2D eigenvalue weighted by atomic mass is 9.68. The molecule has 6 atom stereocenters. The van der Waals surface area contributed by atoms with Crippen molar-refractivity contribution < 1.29 is 19.8 Å². The molecule has 5 aliphatic rings. The second-order valence-corrected chi connectivity index (χ2v) is 8.47. The summed E-state index contributed by atoms with van der Waals surface area (Å²) in [4.78, 5) is 26.2. The molecule has 3 aliphatic carbocycles. The minimum Gasteiger partial charge on any atom is -0.382 e. The highest BCUT2D eigenvalue weighted by Crippen LogP contribution is 2.43. The molecule has 5 rings (SSSR count). The third-order valence-electron chi connectivity index (χ3n) is 7.09. The average Bonchev–Trinajstić information content (AvgIpc) is 2.66. The SMILES string of the molecule is O=C1C2=C(NC3CCCCC13)C(O)C1=C(NC3CCCCC3C1=O)C2O. The number of hydrogen-bond donors (Lipinski definition) is 4. The van der Waals surface area contributed by atoms with Gasteiger partial charge >= 0.3 is 0 Å². The van der Waals surface area contributed by atoms with Crippen molar-refractivity contribution in [1.29, 1.82) is 0 Å². The predicted molar refractivity (Wildman–Crippen MR) is 93.8 cm³/mol. The molecular formula is C20H26N2O4. The fourth-order valence-corrected chi connectivity index (χ4v) is 5.76. The minimum absolute atomic E-state index is 0.00748. The van der Waals surface area contributed by atoms with Crippen molar-refractivity contribution in [3.63, 3.8) is 0 Å². The van der Waals surface area contributed by atoms with Crippen molar-refractivity contribution in [2.24, 2.45) is 11.8 Å². The molecule has 2 aliphatic heterocycles. The largest absolute Gasteiger partial charge is 0.382 e. The lowest BCUT2D eigenvalue weighted by Gasteiger charge is -2.47. The van der Waals surface area contributed by atoms with Gasteiger partial charge in [0.15, 0.2) is 11.6 Å². The fraction of sp³-hybridized carbons (Fsp3) is 0.700. The van der Waals surface area contributed by atoms with E-state index in [1.54, 1.807) is 0 Å². The Morgan fingerprint density at radius 3 is 1.46 bits per heavy atom. The second kappa shape index (κ2) is 5.92. The molecule has 0 aromatic heterocycles. The van der Waals surface area contributed by atoms with Gasteiger partial charge in [0, 0.05) is 23.9 Å². The van der Waals surface area contributed by atoms with Gasteiger partial charge < -0.3 is 20.8 Å². The van der Waals surface area contributed by atoms with Gasteiger partial charge in [-0.3, -0.25) is 9.59 Å². The summed E-state index contributed by atoms with van der Waals surface area (Å²) in [5.74, 6) is -0.371. The summed E-state index contributed by atoms with van der Waals surface area (Å²) in [6, 6.07) is 0.0150. The molecule has 0 aromatic rings. The maximum atomic E-state index is 13.1. The van der Waals surface area contributed by atoms with E-state index >= 15 is 0 Å². The first-order chi connectivity index (χ1) is 12.6. The van der Waals surface area contributed by atoms with Gasteiger partial charge in [-0.05, 0) is 25.7 Å². The van der Waals surface area contributed by atoms with Crippen LogP contribution in [0.2, 0.25) is 0 Å². The van der Waals surface area contributed by atoms with Crippen molar-refractivity contribution in [1.82, 2.24) is 10.6 Å². The molecule has 0 bridgehead atoms. The van der Waals surface area contributed by atoms with Crippen LogP contribution >= 0.6 is 0 Å². The van der Waals surface area contributed by atoms with Gasteiger partial charge in [-0.25, -0.2) is 0 Å². The van der Waals surface area contributed by atoms with Crippen LogP contribution in [0.1, 0.15) is 51.4 Å². The van der Waals surface area contributed by atoms with Crippen LogP contribution in [0.25, 0.3) is 0 Å². The summed E-state index contributed by atoms with van der Waals surface area (Å²) < 4.78 is 0. The van der Waals surface area contributed by atoms with E-state index in [0.717, 1.165) is 51.4 Å². The van der Waals surface area contributed by atoms with Gasteiger partial charge in [0.25, 0.3) is 0 Å². The molecule has 0 saturated heterocycles. The van der Waals surface area contributed by atoms with Crippen molar-refractivity contribution in [2.75, 3.05) is 0 Å². The number of nitrogens with one attached hydrogen (secondary N) is 2. The number of aliphatic hydroxyl groups is 2. The third-order valence-corrected chi connectivity index (χ3v) is 7.09. The lowest BCUT2D eigenvalue weighted by Crippen LogP contribution is -2.59. The van der Waals surface area contributed by atoms with Crippen molar-refractivity contribution in [3.8, 4) is 0 Å². The van der Waals surface area contributed by atoms with Crippen molar-refractivity contribution >= 4 is 11.6 Å². The number of rotatable bonds is 0. The minimum atomic E-state index is -1.14. The Labute approximate surface area is 152 Å². The second-order valence-electron chi connectivity index (χ2n) is 8.47. The Kier molecular flexibility index (Phi) is 3.76. The Balaban J connectivity index is 1.55. The van der Waals surface area contributed by atoms with Crippen LogP contribution in [0.5, 0.6) is 0 Å². The highest BCUT2D eigenvalue weighted by molar-refractivity contribution is 6.06. The smallest absolute Gasteiger partial charge is 0.168 e. The molecule has 2 heterocycles. The molecule has 0 aromatic carbocycles. The normalized spacial score (nSPS) is 42.2. The van der Waals surface area contributed by atoms with E-state index in [1.807, 2.05) is 0 Å². The number of carbonyl (C=O) groups is 2. The summed E-state index contributed by atoms with van der Waals surface area (Å²) in [6.07, 6.45) is 5.28. The zero-order valence-corrected chi connectivity index (χ0v) is 14.8.